The number of carbonyl (C=O) groups is 3. The number of hydrogen-bond acceptors (Lipinski definition) is 4. The molecule has 33 heavy (non-hydrogen) atoms. The van der Waals surface area contributed by atoms with Crippen molar-refractivity contribution in [1.29, 1.82) is 0 Å². The summed E-state index contributed by atoms with van der Waals surface area (Å²) in [6.07, 6.45) is 3.33. The molecule has 5 rings (SSSR count). The minimum Gasteiger partial charge on any atom is -0.480 e. The Labute approximate surface area is 192 Å². The van der Waals surface area contributed by atoms with E-state index in [1.54, 1.807) is 0 Å². The Balaban J connectivity index is 1.16. The van der Waals surface area contributed by atoms with E-state index < -0.39 is 23.5 Å². The normalized spacial score (nSPS) is 18.9. The number of aliphatic carboxylic acids is 1. The van der Waals surface area contributed by atoms with Crippen LogP contribution < -0.4 is 10.6 Å². The van der Waals surface area contributed by atoms with Crippen LogP contribution in [0.3, 0.4) is 0 Å². The zero-order valence-corrected chi connectivity index (χ0v) is 18.4. The minimum atomic E-state index is -0.992. The van der Waals surface area contributed by atoms with Crippen LogP contribution in [0, 0.1) is 11.3 Å². The van der Waals surface area contributed by atoms with Crippen LogP contribution in [0.15, 0.2) is 48.5 Å². The maximum absolute atomic E-state index is 12.8. The first-order valence-corrected chi connectivity index (χ1v) is 11.6. The van der Waals surface area contributed by atoms with Crippen molar-refractivity contribution in [3.05, 3.63) is 59.7 Å². The fraction of sp³-hybridized carbons (Fsp3) is 0.423. The summed E-state index contributed by atoms with van der Waals surface area (Å²) >= 11 is 0. The molecule has 0 heterocycles. The molecule has 0 aromatic heterocycles. The number of fused-ring (bicyclic) bond motifs is 3. The van der Waals surface area contributed by atoms with E-state index >= 15 is 0 Å². The Morgan fingerprint density at radius 2 is 1.61 bits per heavy atom. The molecule has 0 radical (unpaired) electrons. The number of carboxylic acid groups (broad SMARTS) is 1. The van der Waals surface area contributed by atoms with E-state index in [-0.39, 0.29) is 30.9 Å². The van der Waals surface area contributed by atoms with Crippen LogP contribution in [0.2, 0.25) is 0 Å². The van der Waals surface area contributed by atoms with Gasteiger partial charge in [0.05, 0.1) is 5.41 Å². The molecule has 0 spiro atoms. The number of alkyl carbamates (subject to hydrolysis) is 1. The fourth-order valence-corrected chi connectivity index (χ4v) is 4.97. The molecule has 1 atom stereocenters. The maximum Gasteiger partial charge on any atom is 0.407 e. The largest absolute Gasteiger partial charge is 0.480 e. The molecule has 0 saturated heterocycles. The summed E-state index contributed by atoms with van der Waals surface area (Å²) in [7, 11) is 0. The Kier molecular flexibility index (Phi) is 5.56. The van der Waals surface area contributed by atoms with Gasteiger partial charge in [-0.2, -0.15) is 0 Å². The van der Waals surface area contributed by atoms with Crippen LogP contribution in [-0.4, -0.2) is 42.3 Å². The van der Waals surface area contributed by atoms with Crippen molar-refractivity contribution in [2.24, 2.45) is 11.3 Å². The molecule has 3 aliphatic rings. The molecule has 7 heteroatoms. The third kappa shape index (κ3) is 4.08. The lowest BCUT2D eigenvalue weighted by atomic mass is 9.79. The number of nitrogens with one attached hydrogen (secondary N) is 2. The average molecular weight is 449 g/mol. The Morgan fingerprint density at radius 3 is 2.12 bits per heavy atom. The first-order chi connectivity index (χ1) is 16.0. The monoisotopic (exact) mass is 448 g/mol. The lowest BCUT2D eigenvalue weighted by Gasteiger charge is -2.32. The van der Waals surface area contributed by atoms with Crippen LogP contribution in [0.5, 0.6) is 0 Å². The number of rotatable bonds is 8. The molecular weight excluding hydrogens is 420 g/mol. The second-order valence-electron chi connectivity index (χ2n) is 9.44. The predicted molar refractivity (Wildman–Crippen MR) is 122 cm³/mol. The second kappa shape index (κ2) is 8.54. The van der Waals surface area contributed by atoms with Crippen molar-refractivity contribution in [2.75, 3.05) is 13.2 Å². The van der Waals surface area contributed by atoms with Crippen LogP contribution >= 0.6 is 0 Å². The van der Waals surface area contributed by atoms with Crippen molar-refractivity contribution in [3.8, 4) is 11.1 Å². The van der Waals surface area contributed by atoms with Gasteiger partial charge in [-0.1, -0.05) is 55.0 Å². The third-order valence-electron chi connectivity index (χ3n) is 7.42. The van der Waals surface area contributed by atoms with Crippen molar-refractivity contribution < 1.29 is 24.2 Å². The Bertz CT molecular complexity index is 1040. The SMILES string of the molecule is O=C(NCC1(C(=O)NC(C(=O)O)C2CCC2)CC1)OCC1c2ccccc2-c2ccccc21. The van der Waals surface area contributed by atoms with E-state index in [9.17, 15) is 19.5 Å². The highest BCUT2D eigenvalue weighted by Crippen LogP contribution is 2.46. The summed E-state index contributed by atoms with van der Waals surface area (Å²) in [5.74, 6) is -1.31. The number of ether oxygens (including phenoxy) is 1. The Hall–Kier alpha value is -3.35. The van der Waals surface area contributed by atoms with Crippen molar-refractivity contribution in [3.63, 3.8) is 0 Å². The fourth-order valence-electron chi connectivity index (χ4n) is 4.97. The summed E-state index contributed by atoms with van der Waals surface area (Å²) in [5, 5.41) is 14.9. The van der Waals surface area contributed by atoms with E-state index in [0.29, 0.717) is 12.8 Å². The van der Waals surface area contributed by atoms with Gasteiger partial charge < -0.3 is 20.5 Å². The van der Waals surface area contributed by atoms with Crippen LogP contribution in [0.1, 0.15) is 49.1 Å². The molecule has 1 unspecified atom stereocenters. The molecule has 172 valence electrons. The van der Waals surface area contributed by atoms with Crippen LogP contribution in [0.25, 0.3) is 11.1 Å². The number of carboxylic acids is 1. The molecule has 3 N–H and O–H groups in total. The average Bonchev–Trinajstić information content (AvgIpc) is 3.51. The van der Waals surface area contributed by atoms with Crippen molar-refractivity contribution in [2.45, 2.75) is 44.1 Å². The van der Waals surface area contributed by atoms with Gasteiger partial charge in [0, 0.05) is 12.5 Å². The molecule has 3 aliphatic carbocycles. The standard InChI is InChI=1S/C26H28N2O5/c29-23(30)22(16-6-5-7-16)28-24(31)26(12-13-26)15-27-25(32)33-14-21-19-10-3-1-8-17(19)18-9-2-4-11-20(18)21/h1-4,8-11,16,21-22H,5-7,12-15H2,(H,27,32)(H,28,31)(H,29,30). The lowest BCUT2D eigenvalue weighted by molar-refractivity contribution is -0.145. The Morgan fingerprint density at radius 1 is 1.00 bits per heavy atom. The van der Waals surface area contributed by atoms with Crippen molar-refractivity contribution >= 4 is 18.0 Å². The summed E-state index contributed by atoms with van der Waals surface area (Å²) in [5.41, 5.74) is 3.87. The molecule has 2 aromatic rings. The van der Waals surface area contributed by atoms with Gasteiger partial charge >= 0.3 is 12.1 Å². The molecular formula is C26H28N2O5. The molecule has 2 amide bonds. The minimum absolute atomic E-state index is 0.00246. The lowest BCUT2D eigenvalue weighted by Crippen LogP contribution is -2.52. The van der Waals surface area contributed by atoms with E-state index in [1.165, 1.54) is 0 Å². The van der Waals surface area contributed by atoms with Gasteiger partial charge in [0.25, 0.3) is 0 Å². The maximum atomic E-state index is 12.8. The van der Waals surface area contributed by atoms with Gasteiger partial charge in [0.15, 0.2) is 0 Å². The zero-order valence-electron chi connectivity index (χ0n) is 18.4. The summed E-state index contributed by atoms with van der Waals surface area (Å²) in [6.45, 7) is 0.355. The van der Waals surface area contributed by atoms with Gasteiger partial charge in [-0.3, -0.25) is 4.79 Å². The number of benzene rings is 2. The quantitative estimate of drug-likeness (QED) is 0.572. The molecule has 7 nitrogen and oxygen atoms in total. The van der Waals surface area contributed by atoms with Gasteiger partial charge in [-0.25, -0.2) is 9.59 Å². The molecule has 2 fully saturated rings. The van der Waals surface area contributed by atoms with Crippen molar-refractivity contribution in [1.82, 2.24) is 10.6 Å². The van der Waals surface area contributed by atoms with E-state index in [1.807, 2.05) is 24.3 Å². The summed E-state index contributed by atoms with van der Waals surface area (Å²) < 4.78 is 5.55. The van der Waals surface area contributed by atoms with E-state index in [4.69, 9.17) is 4.74 Å². The van der Waals surface area contributed by atoms with Crippen LogP contribution in [-0.2, 0) is 14.3 Å². The van der Waals surface area contributed by atoms with Gasteiger partial charge in [0.2, 0.25) is 5.91 Å². The molecule has 2 saturated carbocycles. The number of hydrogen-bond donors (Lipinski definition) is 3. The first kappa shape index (κ1) is 21.5. The second-order valence-corrected chi connectivity index (χ2v) is 9.44. The van der Waals surface area contributed by atoms with Crippen LogP contribution in [0.4, 0.5) is 4.79 Å². The highest BCUT2D eigenvalue weighted by atomic mass is 16.5. The topological polar surface area (TPSA) is 105 Å². The van der Waals surface area contributed by atoms with E-state index in [2.05, 4.69) is 34.9 Å². The summed E-state index contributed by atoms with van der Waals surface area (Å²) in [6, 6.07) is 15.4. The number of carbonyl (C=O) groups excluding carboxylic acids is 2. The molecule has 0 aliphatic heterocycles. The highest BCUT2D eigenvalue weighted by molar-refractivity contribution is 5.90. The number of amides is 2. The first-order valence-electron chi connectivity index (χ1n) is 11.6. The van der Waals surface area contributed by atoms with Gasteiger partial charge in [0.1, 0.15) is 12.6 Å². The third-order valence-corrected chi connectivity index (χ3v) is 7.42. The summed E-state index contributed by atoms with van der Waals surface area (Å²) in [4.78, 5) is 36.8. The van der Waals surface area contributed by atoms with Gasteiger partial charge in [-0.05, 0) is 53.9 Å². The molecule has 2 aromatic carbocycles. The smallest absolute Gasteiger partial charge is 0.407 e. The van der Waals surface area contributed by atoms with Gasteiger partial charge in [-0.15, -0.1) is 0 Å². The van der Waals surface area contributed by atoms with E-state index in [0.717, 1.165) is 41.5 Å². The zero-order chi connectivity index (χ0) is 23.0. The highest BCUT2D eigenvalue weighted by Gasteiger charge is 2.51. The molecule has 0 bridgehead atoms. The predicted octanol–water partition coefficient (Wildman–Crippen LogP) is 3.67.